The Labute approximate surface area is 241 Å². The average Bonchev–Trinajstić information content (AvgIpc) is 3.31. The van der Waals surface area contributed by atoms with Gasteiger partial charge in [0.1, 0.15) is 12.2 Å². The molecule has 2 aromatic carbocycles. The maximum atomic E-state index is 14.1. The number of ether oxygens (including phenoxy) is 3. The molecule has 0 fully saturated rings. The van der Waals surface area contributed by atoms with Gasteiger partial charge in [-0.3, -0.25) is 9.59 Å². The van der Waals surface area contributed by atoms with E-state index >= 15 is 0 Å². The van der Waals surface area contributed by atoms with Crippen LogP contribution < -0.4 is 20.1 Å². The number of nitrogens with two attached hydrogens (primary N) is 1. The van der Waals surface area contributed by atoms with E-state index in [2.05, 4.69) is 0 Å². The zero-order valence-corrected chi connectivity index (χ0v) is 23.7. The minimum absolute atomic E-state index is 0.0871. The molecule has 2 atom stereocenters. The third-order valence-electron chi connectivity index (χ3n) is 6.74. The number of hydrogen-bond donors (Lipinski definition) is 3. The van der Waals surface area contributed by atoms with Gasteiger partial charge < -0.3 is 39.5 Å². The number of aromatic carboxylic acids is 1. The number of ketones is 1. The molecule has 0 aliphatic carbocycles. The smallest absolute Gasteiger partial charge is 0.374 e. The number of halogens is 1. The average molecular weight is 587 g/mol. The van der Waals surface area contributed by atoms with E-state index in [0.717, 1.165) is 6.07 Å². The van der Waals surface area contributed by atoms with Crippen molar-refractivity contribution in [3.63, 3.8) is 0 Å². The molecule has 11 nitrogen and oxygen atoms in total. The van der Waals surface area contributed by atoms with Crippen molar-refractivity contribution in [2.75, 3.05) is 38.0 Å². The lowest BCUT2D eigenvalue weighted by Crippen LogP contribution is -2.45. The lowest BCUT2D eigenvalue weighted by molar-refractivity contribution is -0.132. The molecule has 0 saturated heterocycles. The Kier molecular flexibility index (Phi) is 8.62. The van der Waals surface area contributed by atoms with Gasteiger partial charge in [-0.25, -0.2) is 4.79 Å². The number of anilines is 2. The highest BCUT2D eigenvalue weighted by Gasteiger charge is 2.41. The number of furan rings is 1. The molecule has 3 aromatic rings. The predicted octanol–water partition coefficient (Wildman–Crippen LogP) is 4.34. The zero-order valence-electron chi connectivity index (χ0n) is 23.0. The molecule has 1 aliphatic rings. The van der Waals surface area contributed by atoms with Crippen LogP contribution in [0.1, 0.15) is 58.6 Å². The Morgan fingerprint density at radius 3 is 2.46 bits per heavy atom. The van der Waals surface area contributed by atoms with E-state index in [-0.39, 0.29) is 24.6 Å². The highest BCUT2D eigenvalue weighted by atomic mass is 35.5. The number of para-hydroxylation sites is 1. The van der Waals surface area contributed by atoms with E-state index in [9.17, 15) is 24.6 Å². The lowest BCUT2D eigenvalue weighted by atomic mass is 9.92. The Balaban J connectivity index is 1.87. The summed E-state index contributed by atoms with van der Waals surface area (Å²) >= 11 is 6.42. The SMILES string of the molecule is COc1cccc([C@H]2O[C@H](CC(=O)c3cc(N)c(C(=O)O)o3)C(=O)N(CC(C)(C)CO)c3ccc(Cl)cc32)c1OC. The van der Waals surface area contributed by atoms with Crippen molar-refractivity contribution in [1.29, 1.82) is 0 Å². The number of rotatable bonds is 10. The summed E-state index contributed by atoms with van der Waals surface area (Å²) in [6.45, 7) is 3.46. The number of nitrogen functional groups attached to an aromatic ring is 1. The minimum Gasteiger partial charge on any atom is -0.493 e. The summed E-state index contributed by atoms with van der Waals surface area (Å²) in [5.74, 6) is -2.79. The number of amides is 1. The van der Waals surface area contributed by atoms with Gasteiger partial charge in [0.05, 0.1) is 19.9 Å². The van der Waals surface area contributed by atoms with Gasteiger partial charge >= 0.3 is 5.97 Å². The predicted molar refractivity (Wildman–Crippen MR) is 150 cm³/mol. The van der Waals surface area contributed by atoms with E-state index in [1.165, 1.54) is 19.1 Å². The molecule has 4 rings (SSSR count). The molecule has 2 heterocycles. The topological polar surface area (TPSA) is 162 Å². The molecular formula is C29H31ClN2O9. The largest absolute Gasteiger partial charge is 0.493 e. The number of hydrogen-bond acceptors (Lipinski definition) is 9. The summed E-state index contributed by atoms with van der Waals surface area (Å²) < 4.78 is 22.8. The van der Waals surface area contributed by atoms with Crippen LogP contribution in [0.15, 0.2) is 46.9 Å². The van der Waals surface area contributed by atoms with Gasteiger partial charge in [-0.1, -0.05) is 37.6 Å². The molecule has 0 bridgehead atoms. The van der Waals surface area contributed by atoms with Crippen LogP contribution in [0, 0.1) is 5.41 Å². The number of carboxylic acids is 1. The Morgan fingerprint density at radius 1 is 1.12 bits per heavy atom. The number of nitrogens with zero attached hydrogens (tertiary/aromatic N) is 1. The molecule has 4 N–H and O–H groups in total. The van der Waals surface area contributed by atoms with Crippen LogP contribution in [0.25, 0.3) is 0 Å². The van der Waals surface area contributed by atoms with Gasteiger partial charge in [-0.2, -0.15) is 0 Å². The van der Waals surface area contributed by atoms with E-state index in [1.807, 2.05) is 0 Å². The van der Waals surface area contributed by atoms with Crippen molar-refractivity contribution in [1.82, 2.24) is 0 Å². The Morgan fingerprint density at radius 2 is 1.85 bits per heavy atom. The van der Waals surface area contributed by atoms with Crippen molar-refractivity contribution in [3.8, 4) is 11.5 Å². The normalized spacial score (nSPS) is 17.1. The number of carboxylic acid groups (broad SMARTS) is 1. The quantitative estimate of drug-likeness (QED) is 0.291. The Hall–Kier alpha value is -4.06. The summed E-state index contributed by atoms with van der Waals surface area (Å²) in [5, 5.41) is 19.7. The third-order valence-corrected chi connectivity index (χ3v) is 6.97. The van der Waals surface area contributed by atoms with E-state index in [4.69, 9.17) is 36.0 Å². The monoisotopic (exact) mass is 586 g/mol. The van der Waals surface area contributed by atoms with Crippen LogP contribution in [0.5, 0.6) is 11.5 Å². The first kappa shape index (κ1) is 29.9. The molecule has 0 spiro atoms. The standard InChI is InChI=1S/C29H31ClN2O9/c1-29(2,14-33)13-32-19-9-8-15(30)10-17(19)24(16-6-5-7-21(38-3)25(16)39-4)41-23(27(32)35)12-20(34)22-11-18(31)26(40-22)28(36)37/h5-11,23-24,33H,12-14,31H2,1-4H3,(H,36,37)/t23-,24-/m1/s1. The summed E-state index contributed by atoms with van der Waals surface area (Å²) in [6, 6.07) is 11.3. The number of methoxy groups -OCH3 is 2. The van der Waals surface area contributed by atoms with Gasteiger partial charge in [-0.15, -0.1) is 0 Å². The maximum Gasteiger partial charge on any atom is 0.374 e. The number of aliphatic hydroxyl groups is 1. The summed E-state index contributed by atoms with van der Waals surface area (Å²) in [6.07, 6.45) is -2.80. The third kappa shape index (κ3) is 6.02. The molecule has 1 aromatic heterocycles. The summed E-state index contributed by atoms with van der Waals surface area (Å²) in [7, 11) is 2.96. The second kappa shape index (κ2) is 11.8. The van der Waals surface area contributed by atoms with E-state index in [0.29, 0.717) is 33.3 Å². The fraction of sp³-hybridized carbons (Fsp3) is 0.345. The number of carbonyl (C=O) groups excluding carboxylic acids is 2. The van der Waals surface area contributed by atoms with Gasteiger partial charge in [0.2, 0.25) is 11.5 Å². The maximum absolute atomic E-state index is 14.1. The van der Waals surface area contributed by atoms with Crippen molar-refractivity contribution >= 4 is 40.6 Å². The molecule has 0 unspecified atom stereocenters. The van der Waals surface area contributed by atoms with Crippen LogP contribution >= 0.6 is 11.6 Å². The highest BCUT2D eigenvalue weighted by molar-refractivity contribution is 6.30. The molecule has 0 saturated carbocycles. The molecule has 1 aliphatic heterocycles. The van der Waals surface area contributed by atoms with Crippen LogP contribution in [0.4, 0.5) is 11.4 Å². The molecule has 1 amide bonds. The van der Waals surface area contributed by atoms with Gasteiger partial charge in [0, 0.05) is 52.9 Å². The molecular weight excluding hydrogens is 556 g/mol. The van der Waals surface area contributed by atoms with Crippen LogP contribution in [0.2, 0.25) is 5.02 Å². The number of benzene rings is 2. The fourth-order valence-corrected chi connectivity index (χ4v) is 4.86. The first-order chi connectivity index (χ1) is 19.4. The second-order valence-electron chi connectivity index (χ2n) is 10.4. The Bertz CT molecular complexity index is 1480. The minimum atomic E-state index is -1.43. The van der Waals surface area contributed by atoms with E-state index in [1.54, 1.807) is 50.2 Å². The van der Waals surface area contributed by atoms with Crippen molar-refractivity contribution in [2.45, 2.75) is 32.5 Å². The summed E-state index contributed by atoms with van der Waals surface area (Å²) in [5.41, 5.74) is 6.27. The fourth-order valence-electron chi connectivity index (χ4n) is 4.68. The molecule has 12 heteroatoms. The number of Topliss-reactive ketones (excluding diaryl/α,β-unsaturated/α-hetero) is 1. The van der Waals surface area contributed by atoms with Crippen LogP contribution in [-0.2, 0) is 9.53 Å². The number of aliphatic hydroxyl groups excluding tert-OH is 1. The van der Waals surface area contributed by atoms with Gasteiger partial charge in [-0.05, 0) is 24.3 Å². The number of carbonyl (C=O) groups is 3. The van der Waals surface area contributed by atoms with Crippen LogP contribution in [0.3, 0.4) is 0 Å². The highest BCUT2D eigenvalue weighted by Crippen LogP contribution is 2.45. The van der Waals surface area contributed by atoms with E-state index < -0.39 is 47.5 Å². The van der Waals surface area contributed by atoms with Gasteiger partial charge in [0.25, 0.3) is 5.91 Å². The summed E-state index contributed by atoms with van der Waals surface area (Å²) in [4.78, 5) is 40.3. The van der Waals surface area contributed by atoms with Crippen LogP contribution in [-0.4, -0.2) is 61.3 Å². The van der Waals surface area contributed by atoms with Crippen molar-refractivity contribution in [2.24, 2.45) is 5.41 Å². The van der Waals surface area contributed by atoms with Crippen molar-refractivity contribution in [3.05, 3.63) is 70.1 Å². The first-order valence-electron chi connectivity index (χ1n) is 12.6. The second-order valence-corrected chi connectivity index (χ2v) is 10.8. The zero-order chi connectivity index (χ0) is 30.1. The number of fused-ring (bicyclic) bond motifs is 1. The lowest BCUT2D eigenvalue weighted by Gasteiger charge is -2.32. The molecule has 41 heavy (non-hydrogen) atoms. The van der Waals surface area contributed by atoms with Crippen molar-refractivity contribution < 1.29 is 43.2 Å². The molecule has 0 radical (unpaired) electrons. The molecule has 218 valence electrons. The van der Waals surface area contributed by atoms with Gasteiger partial charge in [0.15, 0.2) is 17.3 Å². The first-order valence-corrected chi connectivity index (χ1v) is 13.0.